The quantitative estimate of drug-likeness (QED) is 0.713. The van der Waals surface area contributed by atoms with E-state index in [4.69, 9.17) is 16.3 Å². The Labute approximate surface area is 144 Å². The summed E-state index contributed by atoms with van der Waals surface area (Å²) in [6.07, 6.45) is -0.707. The van der Waals surface area contributed by atoms with E-state index in [0.717, 1.165) is 11.1 Å². The molecule has 6 nitrogen and oxygen atoms in total. The van der Waals surface area contributed by atoms with E-state index < -0.39 is 6.10 Å². The molecule has 3 aromatic rings. The Bertz CT molecular complexity index is 762. The van der Waals surface area contributed by atoms with E-state index >= 15 is 0 Å². The highest BCUT2D eigenvalue weighted by atomic mass is 35.5. The second-order valence-electron chi connectivity index (χ2n) is 5.33. The molecule has 0 bridgehead atoms. The minimum atomic E-state index is -0.707. The van der Waals surface area contributed by atoms with Crippen molar-refractivity contribution in [3.63, 3.8) is 0 Å². The van der Waals surface area contributed by atoms with Crippen molar-refractivity contribution in [3.05, 3.63) is 65.2 Å². The van der Waals surface area contributed by atoms with E-state index in [1.807, 2.05) is 42.5 Å². The monoisotopic (exact) mass is 344 g/mol. The number of nitrogens with zero attached hydrogens (tertiary/aromatic N) is 4. The van der Waals surface area contributed by atoms with Gasteiger partial charge >= 0.3 is 0 Å². The standard InChI is InChI=1S/C17H17ClN4O2/c18-15-8-6-14(7-9-15)17-19-21-22(20-17)10-16(23)12-24-11-13-4-2-1-3-5-13/h1-9,16,23H,10-12H2/t16-/m1/s1. The second kappa shape index (κ2) is 8.01. The van der Waals surface area contributed by atoms with Crippen molar-refractivity contribution in [1.82, 2.24) is 20.2 Å². The zero-order valence-electron chi connectivity index (χ0n) is 12.9. The van der Waals surface area contributed by atoms with E-state index in [1.165, 1.54) is 4.80 Å². The third-order valence-corrected chi connectivity index (χ3v) is 3.60. The van der Waals surface area contributed by atoms with Crippen LogP contribution in [0, 0.1) is 0 Å². The van der Waals surface area contributed by atoms with Gasteiger partial charge in [-0.2, -0.15) is 4.80 Å². The molecule has 0 saturated heterocycles. The van der Waals surface area contributed by atoms with E-state index in [0.29, 0.717) is 17.5 Å². The van der Waals surface area contributed by atoms with E-state index in [9.17, 15) is 5.11 Å². The Hall–Kier alpha value is -2.28. The Morgan fingerprint density at radius 1 is 1.08 bits per heavy atom. The summed E-state index contributed by atoms with van der Waals surface area (Å²) in [4.78, 5) is 1.36. The van der Waals surface area contributed by atoms with Crippen molar-refractivity contribution in [3.8, 4) is 11.4 Å². The molecule has 0 unspecified atom stereocenters. The molecule has 0 saturated carbocycles. The number of rotatable bonds is 7. The molecular weight excluding hydrogens is 328 g/mol. The highest BCUT2D eigenvalue weighted by Gasteiger charge is 2.10. The van der Waals surface area contributed by atoms with Crippen LogP contribution in [-0.4, -0.2) is 38.0 Å². The first-order chi connectivity index (χ1) is 11.7. The molecule has 3 rings (SSSR count). The lowest BCUT2D eigenvalue weighted by molar-refractivity contribution is 0.0165. The van der Waals surface area contributed by atoms with Gasteiger partial charge in [-0.3, -0.25) is 0 Å². The van der Waals surface area contributed by atoms with Crippen molar-refractivity contribution >= 4 is 11.6 Å². The number of ether oxygens (including phenoxy) is 1. The molecule has 0 amide bonds. The van der Waals surface area contributed by atoms with Crippen molar-refractivity contribution < 1.29 is 9.84 Å². The maximum Gasteiger partial charge on any atom is 0.204 e. The van der Waals surface area contributed by atoms with Gasteiger partial charge < -0.3 is 9.84 Å². The van der Waals surface area contributed by atoms with Gasteiger partial charge in [0.25, 0.3) is 0 Å². The number of hydrogen-bond donors (Lipinski definition) is 1. The third-order valence-electron chi connectivity index (χ3n) is 3.35. The maximum absolute atomic E-state index is 10.0. The lowest BCUT2D eigenvalue weighted by Gasteiger charge is -2.10. The molecule has 1 atom stereocenters. The average Bonchev–Trinajstić information content (AvgIpc) is 3.05. The summed E-state index contributed by atoms with van der Waals surface area (Å²) in [5.41, 5.74) is 1.88. The molecule has 124 valence electrons. The van der Waals surface area contributed by atoms with Crippen molar-refractivity contribution in [2.24, 2.45) is 0 Å². The Balaban J connectivity index is 1.50. The highest BCUT2D eigenvalue weighted by molar-refractivity contribution is 6.30. The first-order valence-electron chi connectivity index (χ1n) is 7.54. The van der Waals surface area contributed by atoms with E-state index in [1.54, 1.807) is 12.1 Å². The van der Waals surface area contributed by atoms with Crippen molar-refractivity contribution in [2.45, 2.75) is 19.3 Å². The van der Waals surface area contributed by atoms with Gasteiger partial charge in [-0.15, -0.1) is 10.2 Å². The molecule has 0 aliphatic heterocycles. The Kier molecular flexibility index (Phi) is 5.53. The largest absolute Gasteiger partial charge is 0.389 e. The van der Waals surface area contributed by atoms with Crippen LogP contribution >= 0.6 is 11.6 Å². The van der Waals surface area contributed by atoms with Gasteiger partial charge in [0, 0.05) is 10.6 Å². The number of hydrogen-bond acceptors (Lipinski definition) is 5. The predicted molar refractivity (Wildman–Crippen MR) is 90.4 cm³/mol. The number of halogens is 1. The minimum Gasteiger partial charge on any atom is -0.389 e. The molecule has 7 heteroatoms. The van der Waals surface area contributed by atoms with Gasteiger partial charge in [-0.1, -0.05) is 41.9 Å². The first-order valence-corrected chi connectivity index (χ1v) is 7.92. The molecule has 24 heavy (non-hydrogen) atoms. The SMILES string of the molecule is O[C@@H](COCc1ccccc1)Cn1nnc(-c2ccc(Cl)cc2)n1. The van der Waals surface area contributed by atoms with Gasteiger partial charge in [0.2, 0.25) is 5.82 Å². The predicted octanol–water partition coefficient (Wildman–Crippen LogP) is 2.57. The van der Waals surface area contributed by atoms with E-state index in [-0.39, 0.29) is 13.2 Å². The van der Waals surface area contributed by atoms with Gasteiger partial charge in [0.05, 0.1) is 25.9 Å². The van der Waals surface area contributed by atoms with Crippen LogP contribution in [0.5, 0.6) is 0 Å². The highest BCUT2D eigenvalue weighted by Crippen LogP contribution is 2.16. The van der Waals surface area contributed by atoms with Crippen LogP contribution in [0.4, 0.5) is 0 Å². The number of benzene rings is 2. The molecule has 1 heterocycles. The molecule has 2 aromatic carbocycles. The topological polar surface area (TPSA) is 73.1 Å². The van der Waals surface area contributed by atoms with Gasteiger partial charge in [0.1, 0.15) is 0 Å². The van der Waals surface area contributed by atoms with Crippen LogP contribution in [0.15, 0.2) is 54.6 Å². The van der Waals surface area contributed by atoms with Crippen LogP contribution in [0.2, 0.25) is 5.02 Å². The molecule has 0 spiro atoms. The minimum absolute atomic E-state index is 0.201. The van der Waals surface area contributed by atoms with Crippen LogP contribution in [-0.2, 0) is 17.9 Å². The second-order valence-corrected chi connectivity index (χ2v) is 5.77. The van der Waals surface area contributed by atoms with Crippen molar-refractivity contribution in [2.75, 3.05) is 6.61 Å². The molecule has 0 aliphatic rings. The fourth-order valence-electron chi connectivity index (χ4n) is 2.16. The fraction of sp³-hybridized carbons (Fsp3) is 0.235. The average molecular weight is 345 g/mol. The van der Waals surface area contributed by atoms with Gasteiger partial charge in [-0.25, -0.2) is 0 Å². The number of aliphatic hydroxyl groups excluding tert-OH is 1. The van der Waals surface area contributed by atoms with Gasteiger partial charge in [-0.05, 0) is 35.0 Å². The molecule has 0 aliphatic carbocycles. The van der Waals surface area contributed by atoms with Crippen LogP contribution in [0.25, 0.3) is 11.4 Å². The summed E-state index contributed by atoms with van der Waals surface area (Å²) in [7, 11) is 0. The fourth-order valence-corrected chi connectivity index (χ4v) is 2.29. The summed E-state index contributed by atoms with van der Waals surface area (Å²) in [6, 6.07) is 17.0. The zero-order valence-corrected chi connectivity index (χ0v) is 13.7. The molecule has 1 aromatic heterocycles. The maximum atomic E-state index is 10.0. The van der Waals surface area contributed by atoms with E-state index in [2.05, 4.69) is 15.4 Å². The van der Waals surface area contributed by atoms with Crippen LogP contribution in [0.3, 0.4) is 0 Å². The lowest BCUT2D eigenvalue weighted by Crippen LogP contribution is -2.23. The van der Waals surface area contributed by atoms with Gasteiger partial charge in [0.15, 0.2) is 0 Å². The Morgan fingerprint density at radius 3 is 2.58 bits per heavy atom. The molecular formula is C17H17ClN4O2. The smallest absolute Gasteiger partial charge is 0.204 e. The first kappa shape index (κ1) is 16.6. The van der Waals surface area contributed by atoms with Crippen LogP contribution < -0.4 is 0 Å². The summed E-state index contributed by atoms with van der Waals surface area (Å²) >= 11 is 5.86. The number of tetrazole rings is 1. The number of aromatic nitrogens is 4. The molecule has 1 N–H and O–H groups in total. The lowest BCUT2D eigenvalue weighted by atomic mass is 10.2. The summed E-state index contributed by atoms with van der Waals surface area (Å²) in [5.74, 6) is 0.490. The molecule has 0 fully saturated rings. The normalized spacial score (nSPS) is 12.2. The van der Waals surface area contributed by atoms with Crippen molar-refractivity contribution in [1.29, 1.82) is 0 Å². The molecule has 0 radical (unpaired) electrons. The van der Waals surface area contributed by atoms with Crippen LogP contribution in [0.1, 0.15) is 5.56 Å². The summed E-state index contributed by atoms with van der Waals surface area (Å²) in [6.45, 7) is 0.876. The number of aliphatic hydroxyl groups is 1. The summed E-state index contributed by atoms with van der Waals surface area (Å²) < 4.78 is 5.50. The Morgan fingerprint density at radius 2 is 1.83 bits per heavy atom. The summed E-state index contributed by atoms with van der Waals surface area (Å²) in [5, 5.41) is 22.9. The zero-order chi connectivity index (χ0) is 16.8. The third kappa shape index (κ3) is 4.61.